The summed E-state index contributed by atoms with van der Waals surface area (Å²) in [6.07, 6.45) is 1.46. The number of piperidine rings is 1. The monoisotopic (exact) mass is 412 g/mol. The zero-order valence-electron chi connectivity index (χ0n) is 18.2. The maximum absolute atomic E-state index is 13.2. The molecule has 3 aliphatic rings. The van der Waals surface area contributed by atoms with Crippen LogP contribution in [0.15, 0.2) is 30.3 Å². The van der Waals surface area contributed by atoms with E-state index in [0.29, 0.717) is 25.6 Å². The van der Waals surface area contributed by atoms with Crippen LogP contribution in [0, 0.1) is 17.8 Å². The number of benzene rings is 1. The average molecular weight is 413 g/mol. The molecule has 0 bridgehead atoms. The molecular weight excluding hydrogens is 380 g/mol. The number of likely N-dealkylation sites (tertiary alicyclic amines) is 3. The summed E-state index contributed by atoms with van der Waals surface area (Å²) < 4.78 is 0. The Hall–Kier alpha value is -2.57. The van der Waals surface area contributed by atoms with Gasteiger partial charge in [-0.2, -0.15) is 0 Å². The van der Waals surface area contributed by atoms with Crippen molar-refractivity contribution in [2.45, 2.75) is 25.8 Å². The summed E-state index contributed by atoms with van der Waals surface area (Å²) in [7, 11) is 3.52. The van der Waals surface area contributed by atoms with Crippen molar-refractivity contribution < 1.29 is 14.4 Å². The number of carbonyl (C=O) groups is 3. The Labute approximate surface area is 178 Å². The Morgan fingerprint density at radius 1 is 0.933 bits per heavy atom. The summed E-state index contributed by atoms with van der Waals surface area (Å²) in [5, 5.41) is 0. The number of hydrogen-bond acceptors (Lipinski definition) is 3. The maximum Gasteiger partial charge on any atom is 0.319 e. The van der Waals surface area contributed by atoms with E-state index >= 15 is 0 Å². The lowest BCUT2D eigenvalue weighted by molar-refractivity contribution is -0.136. The molecule has 0 saturated carbocycles. The van der Waals surface area contributed by atoms with Gasteiger partial charge in [0.15, 0.2) is 0 Å². The van der Waals surface area contributed by atoms with Crippen LogP contribution in [-0.4, -0.2) is 84.3 Å². The summed E-state index contributed by atoms with van der Waals surface area (Å²) in [4.78, 5) is 45.1. The molecule has 0 aliphatic carbocycles. The number of fused-ring (bicyclic) bond motifs is 1. The summed E-state index contributed by atoms with van der Waals surface area (Å²) in [6, 6.07) is 10.3. The average Bonchev–Trinajstić information content (AvgIpc) is 3.31. The number of rotatable bonds is 2. The lowest BCUT2D eigenvalue weighted by atomic mass is 9.89. The number of nitrogens with zero attached hydrogens (tertiary/aromatic N) is 4. The van der Waals surface area contributed by atoms with Crippen molar-refractivity contribution in [1.82, 2.24) is 19.6 Å². The van der Waals surface area contributed by atoms with Crippen molar-refractivity contribution in [2.24, 2.45) is 17.8 Å². The smallest absolute Gasteiger partial charge is 0.319 e. The highest BCUT2D eigenvalue weighted by molar-refractivity contribution is 5.80. The molecule has 3 heterocycles. The molecule has 3 atom stereocenters. The zero-order chi connectivity index (χ0) is 21.4. The Morgan fingerprint density at radius 2 is 1.60 bits per heavy atom. The second-order valence-corrected chi connectivity index (χ2v) is 9.13. The predicted molar refractivity (Wildman–Crippen MR) is 114 cm³/mol. The molecule has 4 amide bonds. The van der Waals surface area contributed by atoms with Crippen LogP contribution in [-0.2, 0) is 9.59 Å². The fourth-order valence-corrected chi connectivity index (χ4v) is 5.49. The molecule has 3 aliphatic heterocycles. The molecule has 4 rings (SSSR count). The van der Waals surface area contributed by atoms with E-state index in [9.17, 15) is 14.4 Å². The quantitative estimate of drug-likeness (QED) is 0.747. The Bertz CT molecular complexity index is 804. The molecule has 0 radical (unpaired) electrons. The van der Waals surface area contributed by atoms with E-state index in [4.69, 9.17) is 0 Å². The second kappa shape index (κ2) is 8.28. The van der Waals surface area contributed by atoms with Crippen LogP contribution < -0.4 is 0 Å². The molecule has 3 fully saturated rings. The van der Waals surface area contributed by atoms with Gasteiger partial charge in [-0.15, -0.1) is 0 Å². The van der Waals surface area contributed by atoms with E-state index in [1.54, 1.807) is 25.9 Å². The first-order valence-corrected chi connectivity index (χ1v) is 10.9. The fraction of sp³-hybridized carbons (Fsp3) is 0.609. The van der Waals surface area contributed by atoms with Gasteiger partial charge in [-0.1, -0.05) is 30.3 Å². The van der Waals surface area contributed by atoms with Crippen molar-refractivity contribution in [3.05, 3.63) is 35.9 Å². The number of hydrogen-bond donors (Lipinski definition) is 0. The van der Waals surface area contributed by atoms with Gasteiger partial charge in [-0.25, -0.2) is 4.79 Å². The summed E-state index contributed by atoms with van der Waals surface area (Å²) in [5.41, 5.74) is 1.16. The molecule has 7 heteroatoms. The standard InChI is InChI=1S/C23H32N4O3/c1-16(28)27-14-19-13-26(15-20(19)21(27)17-7-5-4-6-8-17)22(29)18-9-11-25(12-10-18)23(30)24(2)3/h4-8,18-21H,9-15H2,1-3H3/t19-,20-,21-/m1/s1. The third-order valence-electron chi connectivity index (χ3n) is 7.02. The summed E-state index contributed by atoms with van der Waals surface area (Å²) in [6.45, 7) is 5.08. The normalized spacial score (nSPS) is 26.6. The van der Waals surface area contributed by atoms with Crippen LogP contribution in [0.2, 0.25) is 0 Å². The summed E-state index contributed by atoms with van der Waals surface area (Å²) in [5.74, 6) is 0.944. The number of urea groups is 1. The molecule has 1 aromatic rings. The molecule has 7 nitrogen and oxygen atoms in total. The predicted octanol–water partition coefficient (Wildman–Crippen LogP) is 2.06. The van der Waals surface area contributed by atoms with Gasteiger partial charge < -0.3 is 19.6 Å². The Morgan fingerprint density at radius 3 is 2.20 bits per heavy atom. The second-order valence-electron chi connectivity index (χ2n) is 9.13. The first-order chi connectivity index (χ1) is 14.4. The van der Waals surface area contributed by atoms with E-state index in [-0.39, 0.29) is 35.7 Å². The first kappa shape index (κ1) is 20.7. The maximum atomic E-state index is 13.2. The van der Waals surface area contributed by atoms with Gasteiger partial charge in [0.1, 0.15) is 0 Å². The number of carbonyl (C=O) groups excluding carboxylic acids is 3. The van der Waals surface area contributed by atoms with E-state index in [1.165, 1.54) is 0 Å². The van der Waals surface area contributed by atoms with Gasteiger partial charge >= 0.3 is 6.03 Å². The fourth-order valence-electron chi connectivity index (χ4n) is 5.49. The molecule has 0 aromatic heterocycles. The molecule has 0 spiro atoms. The molecule has 30 heavy (non-hydrogen) atoms. The lowest BCUT2D eigenvalue weighted by Crippen LogP contribution is -2.47. The van der Waals surface area contributed by atoms with Crippen molar-refractivity contribution in [3.63, 3.8) is 0 Å². The molecule has 1 aromatic carbocycles. The van der Waals surface area contributed by atoms with Gasteiger partial charge in [0.25, 0.3) is 0 Å². The zero-order valence-corrected chi connectivity index (χ0v) is 18.2. The molecule has 162 valence electrons. The van der Waals surface area contributed by atoms with Crippen LogP contribution in [0.5, 0.6) is 0 Å². The van der Waals surface area contributed by atoms with Crippen LogP contribution in [0.4, 0.5) is 4.79 Å². The van der Waals surface area contributed by atoms with Crippen molar-refractivity contribution in [1.29, 1.82) is 0 Å². The largest absolute Gasteiger partial charge is 0.342 e. The Kier molecular flexibility index (Phi) is 5.71. The Balaban J connectivity index is 1.41. The highest BCUT2D eigenvalue weighted by Crippen LogP contribution is 2.45. The third kappa shape index (κ3) is 3.77. The highest BCUT2D eigenvalue weighted by atomic mass is 16.2. The molecule has 0 unspecified atom stereocenters. The van der Waals surface area contributed by atoms with Crippen LogP contribution in [0.1, 0.15) is 31.4 Å². The topological polar surface area (TPSA) is 64.2 Å². The van der Waals surface area contributed by atoms with Gasteiger partial charge in [-0.05, 0) is 18.4 Å². The van der Waals surface area contributed by atoms with Crippen LogP contribution in [0.25, 0.3) is 0 Å². The first-order valence-electron chi connectivity index (χ1n) is 10.9. The molecule has 0 N–H and O–H groups in total. The van der Waals surface area contributed by atoms with E-state index in [1.807, 2.05) is 32.9 Å². The van der Waals surface area contributed by atoms with E-state index in [2.05, 4.69) is 12.1 Å². The van der Waals surface area contributed by atoms with Crippen LogP contribution in [0.3, 0.4) is 0 Å². The molecule has 3 saturated heterocycles. The van der Waals surface area contributed by atoms with Crippen molar-refractivity contribution in [2.75, 3.05) is 46.8 Å². The summed E-state index contributed by atoms with van der Waals surface area (Å²) >= 11 is 0. The van der Waals surface area contributed by atoms with Gasteiger partial charge in [-0.3, -0.25) is 9.59 Å². The number of amides is 4. The highest BCUT2D eigenvalue weighted by Gasteiger charge is 2.50. The van der Waals surface area contributed by atoms with E-state index < -0.39 is 0 Å². The van der Waals surface area contributed by atoms with Crippen molar-refractivity contribution >= 4 is 17.8 Å². The van der Waals surface area contributed by atoms with Gasteiger partial charge in [0, 0.05) is 71.5 Å². The third-order valence-corrected chi connectivity index (χ3v) is 7.02. The minimum Gasteiger partial charge on any atom is -0.342 e. The van der Waals surface area contributed by atoms with Crippen molar-refractivity contribution in [3.8, 4) is 0 Å². The minimum atomic E-state index is -0.00544. The van der Waals surface area contributed by atoms with Gasteiger partial charge in [0.2, 0.25) is 11.8 Å². The minimum absolute atomic E-state index is 0.00544. The SMILES string of the molecule is CC(=O)N1C[C@H]2CN(C(=O)C3CCN(C(=O)N(C)C)CC3)C[C@H]2[C@H]1c1ccccc1. The molecular formula is C23H32N4O3. The lowest BCUT2D eigenvalue weighted by Gasteiger charge is -2.35. The van der Waals surface area contributed by atoms with Crippen LogP contribution >= 0.6 is 0 Å². The van der Waals surface area contributed by atoms with Gasteiger partial charge in [0.05, 0.1) is 6.04 Å². The van der Waals surface area contributed by atoms with E-state index in [0.717, 1.165) is 31.5 Å².